The number of carbonyl (C=O) groups excluding carboxylic acids is 2. The van der Waals surface area contributed by atoms with Crippen LogP contribution in [0.3, 0.4) is 0 Å². The molecule has 2 unspecified atom stereocenters. The van der Waals surface area contributed by atoms with Gasteiger partial charge in [-0.1, -0.05) is 30.3 Å². The predicted molar refractivity (Wildman–Crippen MR) is 150 cm³/mol. The van der Waals surface area contributed by atoms with Crippen molar-refractivity contribution in [1.29, 1.82) is 0 Å². The number of rotatable bonds is 7. The number of sulfonamides is 1. The molecule has 1 saturated heterocycles. The van der Waals surface area contributed by atoms with E-state index in [4.69, 9.17) is 4.74 Å². The van der Waals surface area contributed by atoms with Crippen molar-refractivity contribution in [2.45, 2.75) is 42.5 Å². The molecule has 39 heavy (non-hydrogen) atoms. The highest BCUT2D eigenvalue weighted by Gasteiger charge is 2.42. The van der Waals surface area contributed by atoms with Crippen LogP contribution in [0.15, 0.2) is 70.3 Å². The number of thiophene rings is 1. The van der Waals surface area contributed by atoms with Gasteiger partial charge in [0.2, 0.25) is 5.91 Å². The Labute approximate surface area is 232 Å². The zero-order valence-corrected chi connectivity index (χ0v) is 23.3. The van der Waals surface area contributed by atoms with Crippen LogP contribution in [0.25, 0.3) is 0 Å². The zero-order chi connectivity index (χ0) is 27.4. The molecule has 0 radical (unpaired) electrons. The molecule has 206 valence electrons. The second-order valence-corrected chi connectivity index (χ2v) is 12.6. The highest BCUT2D eigenvalue weighted by atomic mass is 32.2. The molecule has 5 rings (SSSR count). The molecular formula is C28H32N4O5S2. The second kappa shape index (κ2) is 11.8. The first kappa shape index (κ1) is 27.2. The summed E-state index contributed by atoms with van der Waals surface area (Å²) in [4.78, 5) is 28.4. The molecule has 3 aromatic rings. The highest BCUT2D eigenvalue weighted by molar-refractivity contribution is 7.91. The lowest BCUT2D eigenvalue weighted by Gasteiger charge is -2.40. The molecule has 2 atom stereocenters. The van der Waals surface area contributed by atoms with Crippen LogP contribution in [-0.2, 0) is 21.2 Å². The van der Waals surface area contributed by atoms with Gasteiger partial charge in [-0.15, -0.1) is 11.3 Å². The summed E-state index contributed by atoms with van der Waals surface area (Å²) < 4.78 is 33.9. The van der Waals surface area contributed by atoms with E-state index < -0.39 is 28.0 Å². The first-order chi connectivity index (χ1) is 18.9. The number of carbonyl (C=O) groups is 2. The third-order valence-corrected chi connectivity index (χ3v) is 10.4. The maximum absolute atomic E-state index is 13.7. The van der Waals surface area contributed by atoms with E-state index in [0.717, 1.165) is 36.2 Å². The molecule has 2 aromatic carbocycles. The van der Waals surface area contributed by atoms with Gasteiger partial charge in [0.1, 0.15) is 16.0 Å². The van der Waals surface area contributed by atoms with E-state index in [0.29, 0.717) is 18.0 Å². The minimum atomic E-state index is -3.91. The summed E-state index contributed by atoms with van der Waals surface area (Å²) >= 11 is 1.11. The van der Waals surface area contributed by atoms with Gasteiger partial charge in [-0.2, -0.15) is 4.31 Å². The van der Waals surface area contributed by atoms with Crippen molar-refractivity contribution in [3.63, 3.8) is 0 Å². The summed E-state index contributed by atoms with van der Waals surface area (Å²) in [5.41, 5.74) is 2.83. The highest BCUT2D eigenvalue weighted by Crippen LogP contribution is 2.31. The fourth-order valence-electron chi connectivity index (χ4n) is 5.15. The normalized spacial score (nSPS) is 19.7. The summed E-state index contributed by atoms with van der Waals surface area (Å²) in [5.74, 6) is 0.291. The molecule has 1 aliphatic heterocycles. The van der Waals surface area contributed by atoms with Crippen molar-refractivity contribution < 1.29 is 22.7 Å². The zero-order valence-electron chi connectivity index (χ0n) is 21.7. The van der Waals surface area contributed by atoms with Crippen molar-refractivity contribution in [2.75, 3.05) is 31.6 Å². The van der Waals surface area contributed by atoms with E-state index in [9.17, 15) is 18.0 Å². The van der Waals surface area contributed by atoms with E-state index in [1.165, 1.54) is 20.8 Å². The molecule has 0 bridgehead atoms. The predicted octanol–water partition coefficient (Wildman–Crippen LogP) is 4.25. The number of fused-ring (bicyclic) bond motifs is 1. The minimum Gasteiger partial charge on any atom is -0.494 e. The van der Waals surface area contributed by atoms with Crippen LogP contribution in [0.2, 0.25) is 0 Å². The summed E-state index contributed by atoms with van der Waals surface area (Å²) in [7, 11) is -3.91. The fraction of sp³-hybridized carbons (Fsp3) is 0.357. The van der Waals surface area contributed by atoms with Crippen molar-refractivity contribution in [3.05, 3.63) is 77.2 Å². The molecule has 1 aromatic heterocycles. The Morgan fingerprint density at radius 1 is 1.05 bits per heavy atom. The molecular weight excluding hydrogens is 536 g/mol. The van der Waals surface area contributed by atoms with Crippen molar-refractivity contribution >= 4 is 39.0 Å². The number of hydrogen-bond acceptors (Lipinski definition) is 6. The summed E-state index contributed by atoms with van der Waals surface area (Å²) in [6.07, 6.45) is 2.65. The van der Waals surface area contributed by atoms with Gasteiger partial charge in [-0.25, -0.2) is 13.2 Å². The van der Waals surface area contributed by atoms with Gasteiger partial charge >= 0.3 is 6.03 Å². The summed E-state index contributed by atoms with van der Waals surface area (Å²) in [5, 5.41) is 7.65. The molecule has 0 spiro atoms. The second-order valence-electron chi connectivity index (χ2n) is 9.55. The van der Waals surface area contributed by atoms with Crippen LogP contribution >= 0.6 is 11.3 Å². The Morgan fingerprint density at radius 2 is 1.85 bits per heavy atom. The van der Waals surface area contributed by atoms with Gasteiger partial charge in [0, 0.05) is 25.3 Å². The lowest BCUT2D eigenvalue weighted by atomic mass is 9.87. The SMILES string of the molecule is CCOc1ccc(NC(=O)N2CCN(S(=O)(=O)c3cccs3)C(C(=O)NC3CCCc4ccccc43)C2)cc1. The van der Waals surface area contributed by atoms with E-state index in [-0.39, 0.29) is 29.9 Å². The number of benzene rings is 2. The third kappa shape index (κ3) is 5.95. The number of anilines is 1. The van der Waals surface area contributed by atoms with Crippen molar-refractivity contribution in [1.82, 2.24) is 14.5 Å². The van der Waals surface area contributed by atoms with Crippen molar-refractivity contribution in [2.24, 2.45) is 0 Å². The molecule has 3 amide bonds. The van der Waals surface area contributed by atoms with E-state index in [1.807, 2.05) is 25.1 Å². The average molecular weight is 569 g/mol. The van der Waals surface area contributed by atoms with Crippen LogP contribution in [0.5, 0.6) is 5.75 Å². The Balaban J connectivity index is 1.36. The molecule has 11 heteroatoms. The maximum Gasteiger partial charge on any atom is 0.321 e. The van der Waals surface area contributed by atoms with E-state index in [1.54, 1.807) is 35.7 Å². The van der Waals surface area contributed by atoms with Crippen LogP contribution in [-0.4, -0.2) is 61.8 Å². The number of amides is 3. The van der Waals surface area contributed by atoms with E-state index in [2.05, 4.69) is 16.7 Å². The summed E-state index contributed by atoms with van der Waals surface area (Å²) in [6.45, 7) is 2.54. The van der Waals surface area contributed by atoms with Gasteiger partial charge < -0.3 is 20.3 Å². The van der Waals surface area contributed by atoms with Crippen LogP contribution < -0.4 is 15.4 Å². The number of aryl methyl sites for hydroxylation is 1. The quantitative estimate of drug-likeness (QED) is 0.443. The molecule has 2 aliphatic rings. The first-order valence-corrected chi connectivity index (χ1v) is 15.4. The number of nitrogens with one attached hydrogen (secondary N) is 2. The van der Waals surface area contributed by atoms with Gasteiger partial charge in [0.25, 0.3) is 10.0 Å². The van der Waals surface area contributed by atoms with Crippen LogP contribution in [0.1, 0.15) is 36.9 Å². The Bertz CT molecular complexity index is 1410. The molecule has 2 heterocycles. The first-order valence-electron chi connectivity index (χ1n) is 13.1. The van der Waals surface area contributed by atoms with Gasteiger partial charge in [-0.05, 0) is 73.0 Å². The average Bonchev–Trinajstić information content (AvgIpc) is 3.50. The standard InChI is InChI=1S/C28H32N4O5S2/c1-2-37-22-14-12-21(13-15-22)29-28(34)31-16-17-32(39(35,36)26-11-6-18-38-26)25(19-31)27(33)30-24-10-5-8-20-7-3-4-9-23(20)24/h3-4,6-7,9,11-15,18,24-25H,2,5,8,10,16-17,19H2,1H3,(H,29,34)(H,30,33). The number of urea groups is 1. The van der Waals surface area contributed by atoms with Crippen molar-refractivity contribution in [3.8, 4) is 5.75 Å². The number of nitrogens with zero attached hydrogens (tertiary/aromatic N) is 2. The Hall–Kier alpha value is -3.41. The lowest BCUT2D eigenvalue weighted by Crippen LogP contribution is -2.62. The van der Waals surface area contributed by atoms with Gasteiger partial charge in [0.05, 0.1) is 12.6 Å². The minimum absolute atomic E-state index is 0.0102. The molecule has 2 N–H and O–H groups in total. The van der Waals surface area contributed by atoms with Crippen LogP contribution in [0.4, 0.5) is 10.5 Å². The van der Waals surface area contributed by atoms with E-state index >= 15 is 0 Å². The van der Waals surface area contributed by atoms with Gasteiger partial charge in [-0.3, -0.25) is 4.79 Å². The monoisotopic (exact) mass is 568 g/mol. The molecule has 1 fully saturated rings. The maximum atomic E-state index is 13.7. The smallest absolute Gasteiger partial charge is 0.321 e. The number of piperazine rings is 1. The number of hydrogen-bond donors (Lipinski definition) is 2. The third-order valence-electron chi connectivity index (χ3n) is 7.08. The molecule has 0 saturated carbocycles. The van der Waals surface area contributed by atoms with Gasteiger partial charge in [0.15, 0.2) is 0 Å². The lowest BCUT2D eigenvalue weighted by molar-refractivity contribution is -0.127. The Morgan fingerprint density at radius 3 is 2.59 bits per heavy atom. The molecule has 1 aliphatic carbocycles. The Kier molecular flexibility index (Phi) is 8.20. The summed E-state index contributed by atoms with van der Waals surface area (Å²) in [6, 6.07) is 16.6. The van der Waals surface area contributed by atoms with Crippen LogP contribution in [0, 0.1) is 0 Å². The fourth-order valence-corrected chi connectivity index (χ4v) is 7.84. The topological polar surface area (TPSA) is 108 Å². The number of ether oxygens (including phenoxy) is 1. The largest absolute Gasteiger partial charge is 0.494 e. The molecule has 9 nitrogen and oxygen atoms in total.